The predicted molar refractivity (Wildman–Crippen MR) is 72.8 cm³/mol. The largest absolute Gasteiger partial charge is 0.504 e. The van der Waals surface area contributed by atoms with Crippen LogP contribution in [0.5, 0.6) is 11.5 Å². The van der Waals surface area contributed by atoms with Gasteiger partial charge in [-0.05, 0) is 43.4 Å². The molecule has 1 aliphatic rings. The maximum Gasteiger partial charge on any atom is 0.161 e. The molecule has 1 aliphatic carbocycles. The summed E-state index contributed by atoms with van der Waals surface area (Å²) in [4.78, 5) is 0. The van der Waals surface area contributed by atoms with Crippen LogP contribution in [-0.2, 0) is 0 Å². The summed E-state index contributed by atoms with van der Waals surface area (Å²) in [5.74, 6) is 1.30. The van der Waals surface area contributed by atoms with Crippen LogP contribution in [0, 0.1) is 5.92 Å². The zero-order chi connectivity index (χ0) is 13.0. The van der Waals surface area contributed by atoms with E-state index in [0.29, 0.717) is 18.3 Å². The molecule has 1 aromatic rings. The van der Waals surface area contributed by atoms with Crippen LogP contribution >= 0.6 is 0 Å². The lowest BCUT2D eigenvalue weighted by molar-refractivity contribution is 0.302. The van der Waals surface area contributed by atoms with E-state index in [9.17, 15) is 5.11 Å². The van der Waals surface area contributed by atoms with Gasteiger partial charge in [0, 0.05) is 6.04 Å². The first-order chi connectivity index (χ1) is 8.72. The third kappa shape index (κ3) is 2.96. The summed E-state index contributed by atoms with van der Waals surface area (Å²) in [5, 5.41) is 9.69. The Balaban J connectivity index is 2.13. The molecule has 0 aliphatic heterocycles. The number of rotatable bonds is 4. The molecular formula is C15H23NO2. The van der Waals surface area contributed by atoms with Crippen molar-refractivity contribution in [2.24, 2.45) is 11.7 Å². The molecule has 1 saturated carbocycles. The van der Waals surface area contributed by atoms with E-state index in [-0.39, 0.29) is 11.8 Å². The quantitative estimate of drug-likeness (QED) is 0.860. The first kappa shape index (κ1) is 13.2. The lowest BCUT2D eigenvalue weighted by Gasteiger charge is -2.28. The fourth-order valence-electron chi connectivity index (χ4n) is 2.77. The molecule has 100 valence electrons. The SMILES string of the molecule is CCOc1cc([C@@H](N)C2CCCCC2)ccc1O. The fourth-order valence-corrected chi connectivity index (χ4v) is 2.77. The van der Waals surface area contributed by atoms with Crippen molar-refractivity contribution in [2.75, 3.05) is 6.61 Å². The van der Waals surface area contributed by atoms with Gasteiger partial charge in [-0.15, -0.1) is 0 Å². The number of benzene rings is 1. The van der Waals surface area contributed by atoms with Crippen LogP contribution in [0.3, 0.4) is 0 Å². The molecule has 0 saturated heterocycles. The van der Waals surface area contributed by atoms with Gasteiger partial charge in [0.1, 0.15) is 0 Å². The second-order valence-electron chi connectivity index (χ2n) is 5.08. The van der Waals surface area contributed by atoms with Crippen molar-refractivity contribution in [3.63, 3.8) is 0 Å². The van der Waals surface area contributed by atoms with Gasteiger partial charge in [-0.1, -0.05) is 25.3 Å². The number of phenolic OH excluding ortho intramolecular Hbond substituents is 1. The van der Waals surface area contributed by atoms with E-state index in [2.05, 4.69) is 0 Å². The van der Waals surface area contributed by atoms with E-state index in [4.69, 9.17) is 10.5 Å². The fraction of sp³-hybridized carbons (Fsp3) is 0.600. The minimum Gasteiger partial charge on any atom is -0.504 e. The average Bonchev–Trinajstić information content (AvgIpc) is 2.42. The molecule has 18 heavy (non-hydrogen) atoms. The van der Waals surface area contributed by atoms with Gasteiger partial charge in [0.05, 0.1) is 6.61 Å². The van der Waals surface area contributed by atoms with Gasteiger partial charge >= 0.3 is 0 Å². The van der Waals surface area contributed by atoms with E-state index in [1.54, 1.807) is 6.07 Å². The Morgan fingerprint density at radius 2 is 2.06 bits per heavy atom. The van der Waals surface area contributed by atoms with Crippen molar-refractivity contribution in [2.45, 2.75) is 45.1 Å². The van der Waals surface area contributed by atoms with E-state index in [1.165, 1.54) is 32.1 Å². The molecule has 2 rings (SSSR count). The maximum absolute atomic E-state index is 9.69. The van der Waals surface area contributed by atoms with Crippen molar-refractivity contribution < 1.29 is 9.84 Å². The molecule has 0 heterocycles. The molecule has 0 spiro atoms. The van der Waals surface area contributed by atoms with Crippen LogP contribution in [0.4, 0.5) is 0 Å². The van der Waals surface area contributed by atoms with Gasteiger partial charge in [-0.2, -0.15) is 0 Å². The zero-order valence-electron chi connectivity index (χ0n) is 11.1. The average molecular weight is 249 g/mol. The Kier molecular flexibility index (Phi) is 4.48. The summed E-state index contributed by atoms with van der Waals surface area (Å²) >= 11 is 0. The van der Waals surface area contributed by atoms with Crippen molar-refractivity contribution in [3.8, 4) is 11.5 Å². The van der Waals surface area contributed by atoms with Gasteiger partial charge in [0.25, 0.3) is 0 Å². The number of hydrogen-bond donors (Lipinski definition) is 2. The van der Waals surface area contributed by atoms with Crippen molar-refractivity contribution in [1.29, 1.82) is 0 Å². The molecule has 0 unspecified atom stereocenters. The Morgan fingerprint density at radius 3 is 2.72 bits per heavy atom. The molecule has 1 aromatic carbocycles. The first-order valence-electron chi connectivity index (χ1n) is 6.93. The van der Waals surface area contributed by atoms with Crippen molar-refractivity contribution in [1.82, 2.24) is 0 Å². The summed E-state index contributed by atoms with van der Waals surface area (Å²) < 4.78 is 5.41. The topological polar surface area (TPSA) is 55.5 Å². The van der Waals surface area contributed by atoms with Crippen LogP contribution in [0.2, 0.25) is 0 Å². The minimum absolute atomic E-state index is 0.0603. The Labute approximate surface area is 109 Å². The lowest BCUT2D eigenvalue weighted by Crippen LogP contribution is -2.23. The van der Waals surface area contributed by atoms with Gasteiger partial charge in [0.15, 0.2) is 11.5 Å². The third-order valence-corrected chi connectivity index (χ3v) is 3.83. The summed E-state index contributed by atoms with van der Waals surface area (Å²) in [5.41, 5.74) is 7.42. The summed E-state index contributed by atoms with van der Waals surface area (Å²) in [7, 11) is 0. The first-order valence-corrected chi connectivity index (χ1v) is 6.93. The summed E-state index contributed by atoms with van der Waals surface area (Å²) in [6, 6.07) is 5.54. The Bertz CT molecular complexity index is 386. The van der Waals surface area contributed by atoms with Crippen LogP contribution in [0.1, 0.15) is 50.6 Å². The van der Waals surface area contributed by atoms with Crippen LogP contribution in [0.25, 0.3) is 0 Å². The smallest absolute Gasteiger partial charge is 0.161 e. The van der Waals surface area contributed by atoms with Crippen LogP contribution in [-0.4, -0.2) is 11.7 Å². The zero-order valence-corrected chi connectivity index (χ0v) is 11.1. The summed E-state index contributed by atoms with van der Waals surface area (Å²) in [6.45, 7) is 2.46. The van der Waals surface area contributed by atoms with Crippen LogP contribution < -0.4 is 10.5 Å². The molecule has 3 N–H and O–H groups in total. The van der Waals surface area contributed by atoms with E-state index >= 15 is 0 Å². The lowest BCUT2D eigenvalue weighted by atomic mass is 9.81. The molecular weight excluding hydrogens is 226 g/mol. The standard InChI is InChI=1S/C15H23NO2/c1-2-18-14-10-12(8-9-13(14)17)15(16)11-6-4-3-5-7-11/h8-11,15,17H,2-7,16H2,1H3/t15-/m0/s1. The number of ether oxygens (including phenoxy) is 1. The van der Waals surface area contributed by atoms with Crippen LogP contribution in [0.15, 0.2) is 18.2 Å². The molecule has 0 aromatic heterocycles. The number of phenols is 1. The van der Waals surface area contributed by atoms with E-state index in [0.717, 1.165) is 5.56 Å². The van der Waals surface area contributed by atoms with Gasteiger partial charge in [-0.25, -0.2) is 0 Å². The Morgan fingerprint density at radius 1 is 1.33 bits per heavy atom. The Hall–Kier alpha value is -1.22. The van der Waals surface area contributed by atoms with Crippen molar-refractivity contribution >= 4 is 0 Å². The van der Waals surface area contributed by atoms with Gasteiger partial charge in [0.2, 0.25) is 0 Å². The second-order valence-corrected chi connectivity index (χ2v) is 5.08. The highest BCUT2D eigenvalue weighted by molar-refractivity contribution is 5.42. The normalized spacial score (nSPS) is 18.6. The second kappa shape index (κ2) is 6.10. The molecule has 0 radical (unpaired) electrons. The van der Waals surface area contributed by atoms with E-state index in [1.807, 2.05) is 19.1 Å². The molecule has 1 atom stereocenters. The highest BCUT2D eigenvalue weighted by Gasteiger charge is 2.22. The number of nitrogens with two attached hydrogens (primary N) is 1. The molecule has 3 heteroatoms. The molecule has 0 amide bonds. The maximum atomic E-state index is 9.69. The van der Waals surface area contributed by atoms with Gasteiger partial charge < -0.3 is 15.6 Å². The number of aromatic hydroxyl groups is 1. The highest BCUT2D eigenvalue weighted by Crippen LogP contribution is 2.36. The minimum atomic E-state index is 0.0603. The van der Waals surface area contributed by atoms with E-state index < -0.39 is 0 Å². The highest BCUT2D eigenvalue weighted by atomic mass is 16.5. The third-order valence-electron chi connectivity index (χ3n) is 3.83. The number of hydrogen-bond acceptors (Lipinski definition) is 3. The monoisotopic (exact) mass is 249 g/mol. The van der Waals surface area contributed by atoms with Crippen molar-refractivity contribution in [3.05, 3.63) is 23.8 Å². The molecule has 0 bridgehead atoms. The van der Waals surface area contributed by atoms with Gasteiger partial charge in [-0.3, -0.25) is 0 Å². The summed E-state index contributed by atoms with van der Waals surface area (Å²) in [6.07, 6.45) is 6.34. The molecule has 3 nitrogen and oxygen atoms in total. The molecule has 1 fully saturated rings. The predicted octanol–water partition coefficient (Wildman–Crippen LogP) is 3.37.